The Hall–Kier alpha value is -2.41. The molecule has 0 bridgehead atoms. The minimum atomic E-state index is -0.464. The molecule has 2 heterocycles. The molecule has 0 saturated heterocycles. The van der Waals surface area contributed by atoms with Crippen LogP contribution in [-0.2, 0) is 17.6 Å². The van der Waals surface area contributed by atoms with Gasteiger partial charge in [0.25, 0.3) is 5.91 Å². The van der Waals surface area contributed by atoms with Crippen molar-refractivity contribution in [1.82, 2.24) is 0 Å². The van der Waals surface area contributed by atoms with Gasteiger partial charge in [-0.1, -0.05) is 0 Å². The maximum absolute atomic E-state index is 12.3. The van der Waals surface area contributed by atoms with Crippen LogP contribution in [0.15, 0.2) is 22.4 Å². The summed E-state index contributed by atoms with van der Waals surface area (Å²) < 4.78 is 0. The third-order valence-corrected chi connectivity index (χ3v) is 5.64. The molecule has 2 aromatic rings. The number of thiophene rings is 2. The Balaban J connectivity index is 1.87. The number of rotatable bonds is 3. The number of carbonyl (C=O) groups excluding carboxylic acids is 1. The highest BCUT2D eigenvalue weighted by Gasteiger charge is 2.22. The number of carbonyl (C=O) groups is 1. The molecule has 3 rings (SSSR count). The number of amides is 1. The third-order valence-electron chi connectivity index (χ3n) is 3.73. The molecule has 1 amide bonds. The Bertz CT molecular complexity index is 848. The maximum Gasteiger partial charge on any atom is 0.266 e. The molecule has 0 fully saturated rings. The fraction of sp³-hybridized carbons (Fsp3) is 0.235. The number of anilines is 1. The predicted molar refractivity (Wildman–Crippen MR) is 92.2 cm³/mol. The second-order valence-corrected chi connectivity index (χ2v) is 7.09. The molecule has 0 radical (unpaired) electrons. The van der Waals surface area contributed by atoms with Crippen LogP contribution < -0.4 is 5.32 Å². The van der Waals surface area contributed by atoms with E-state index in [1.54, 1.807) is 6.08 Å². The van der Waals surface area contributed by atoms with Crippen LogP contribution >= 0.6 is 22.7 Å². The third kappa shape index (κ3) is 3.19. The van der Waals surface area contributed by atoms with Gasteiger partial charge >= 0.3 is 0 Å². The summed E-state index contributed by atoms with van der Waals surface area (Å²) in [5.41, 5.74) is 2.50. The van der Waals surface area contributed by atoms with Crippen molar-refractivity contribution >= 4 is 39.7 Å². The highest BCUT2D eigenvalue weighted by Crippen LogP contribution is 2.37. The highest BCUT2D eigenvalue weighted by molar-refractivity contribution is 7.16. The van der Waals surface area contributed by atoms with Crippen LogP contribution in [0.5, 0.6) is 0 Å². The van der Waals surface area contributed by atoms with Crippen LogP contribution in [0, 0.1) is 22.7 Å². The Kier molecular flexibility index (Phi) is 4.57. The minimum Gasteiger partial charge on any atom is -0.312 e. The summed E-state index contributed by atoms with van der Waals surface area (Å²) >= 11 is 2.97. The first kappa shape index (κ1) is 15.5. The van der Waals surface area contributed by atoms with Crippen molar-refractivity contribution in [2.75, 3.05) is 5.32 Å². The fourth-order valence-electron chi connectivity index (χ4n) is 2.62. The number of aryl methyl sites for hydroxylation is 1. The molecule has 0 aromatic carbocycles. The van der Waals surface area contributed by atoms with Crippen LogP contribution in [0.1, 0.15) is 34.4 Å². The lowest BCUT2D eigenvalue weighted by molar-refractivity contribution is -0.112. The first-order valence-corrected chi connectivity index (χ1v) is 8.99. The molecule has 0 saturated carbocycles. The van der Waals surface area contributed by atoms with Crippen LogP contribution in [0.2, 0.25) is 0 Å². The fourth-order valence-corrected chi connectivity index (χ4v) is 4.47. The monoisotopic (exact) mass is 339 g/mol. The lowest BCUT2D eigenvalue weighted by atomic mass is 9.96. The summed E-state index contributed by atoms with van der Waals surface area (Å²) in [4.78, 5) is 13.5. The van der Waals surface area contributed by atoms with Crippen molar-refractivity contribution in [2.45, 2.75) is 25.7 Å². The molecule has 4 nitrogen and oxygen atoms in total. The normalized spacial score (nSPS) is 13.7. The lowest BCUT2D eigenvalue weighted by Crippen LogP contribution is -2.13. The van der Waals surface area contributed by atoms with E-state index >= 15 is 0 Å². The van der Waals surface area contributed by atoms with Gasteiger partial charge in [-0.2, -0.15) is 21.9 Å². The van der Waals surface area contributed by atoms with Gasteiger partial charge in [-0.05, 0) is 59.7 Å². The van der Waals surface area contributed by atoms with Gasteiger partial charge in [-0.25, -0.2) is 0 Å². The number of nitrogens with one attached hydrogen (secondary N) is 1. The topological polar surface area (TPSA) is 76.7 Å². The van der Waals surface area contributed by atoms with E-state index in [-0.39, 0.29) is 5.57 Å². The van der Waals surface area contributed by atoms with E-state index in [0.717, 1.165) is 36.8 Å². The molecule has 0 spiro atoms. The summed E-state index contributed by atoms with van der Waals surface area (Å²) in [6.07, 6.45) is 5.60. The number of hydrogen-bond donors (Lipinski definition) is 1. The van der Waals surface area contributed by atoms with Gasteiger partial charge < -0.3 is 5.32 Å². The molecule has 6 heteroatoms. The standard InChI is InChI=1S/C17H13N3OS2/c18-8-12(7-11-5-6-22-10-11)16(21)20-17-14(9-19)13-3-1-2-4-15(13)23-17/h5-7,10H,1-4H2,(H,20,21). The summed E-state index contributed by atoms with van der Waals surface area (Å²) in [5.74, 6) is -0.464. The second-order valence-electron chi connectivity index (χ2n) is 5.21. The molecule has 0 aliphatic heterocycles. The molecule has 114 valence electrons. The Morgan fingerprint density at radius 2 is 2.13 bits per heavy atom. The van der Waals surface area contributed by atoms with Gasteiger partial charge in [0.05, 0.1) is 5.56 Å². The Morgan fingerprint density at radius 1 is 1.30 bits per heavy atom. The predicted octanol–water partition coefficient (Wildman–Crippen LogP) is 4.11. The van der Waals surface area contributed by atoms with Gasteiger partial charge in [-0.3, -0.25) is 4.79 Å². The zero-order valence-electron chi connectivity index (χ0n) is 12.3. The maximum atomic E-state index is 12.3. The smallest absolute Gasteiger partial charge is 0.266 e. The first-order valence-electron chi connectivity index (χ1n) is 7.23. The van der Waals surface area contributed by atoms with E-state index < -0.39 is 5.91 Å². The molecule has 23 heavy (non-hydrogen) atoms. The number of nitrogens with zero attached hydrogens (tertiary/aromatic N) is 2. The Morgan fingerprint density at radius 3 is 2.83 bits per heavy atom. The van der Waals surface area contributed by atoms with Gasteiger partial charge in [0.1, 0.15) is 22.7 Å². The van der Waals surface area contributed by atoms with Gasteiger partial charge in [0.15, 0.2) is 0 Å². The van der Waals surface area contributed by atoms with Crippen molar-refractivity contribution in [1.29, 1.82) is 10.5 Å². The largest absolute Gasteiger partial charge is 0.312 e. The van der Waals surface area contributed by atoms with E-state index in [0.29, 0.717) is 10.6 Å². The number of nitriles is 2. The van der Waals surface area contributed by atoms with Crippen molar-refractivity contribution in [3.63, 3.8) is 0 Å². The molecule has 0 atom stereocenters. The molecular formula is C17H13N3OS2. The van der Waals surface area contributed by atoms with E-state index in [1.807, 2.05) is 22.9 Å². The number of hydrogen-bond acceptors (Lipinski definition) is 5. The zero-order chi connectivity index (χ0) is 16.2. The van der Waals surface area contributed by atoms with Crippen LogP contribution in [0.3, 0.4) is 0 Å². The van der Waals surface area contributed by atoms with E-state index in [4.69, 9.17) is 0 Å². The van der Waals surface area contributed by atoms with Crippen LogP contribution in [0.4, 0.5) is 5.00 Å². The highest BCUT2D eigenvalue weighted by atomic mass is 32.1. The van der Waals surface area contributed by atoms with Gasteiger partial charge in [-0.15, -0.1) is 11.3 Å². The molecule has 1 aliphatic rings. The van der Waals surface area contributed by atoms with Crippen molar-refractivity contribution < 1.29 is 4.79 Å². The molecule has 1 N–H and O–H groups in total. The average molecular weight is 339 g/mol. The molecule has 2 aromatic heterocycles. The van der Waals surface area contributed by atoms with E-state index in [9.17, 15) is 15.3 Å². The van der Waals surface area contributed by atoms with Crippen molar-refractivity contribution in [3.8, 4) is 12.1 Å². The van der Waals surface area contributed by atoms with E-state index in [1.165, 1.54) is 27.6 Å². The quantitative estimate of drug-likeness (QED) is 0.675. The van der Waals surface area contributed by atoms with Gasteiger partial charge in [0, 0.05) is 4.88 Å². The molecular weight excluding hydrogens is 326 g/mol. The van der Waals surface area contributed by atoms with Crippen molar-refractivity contribution in [3.05, 3.63) is 44.0 Å². The summed E-state index contributed by atoms with van der Waals surface area (Å²) in [6, 6.07) is 5.99. The lowest BCUT2D eigenvalue weighted by Gasteiger charge is -2.09. The van der Waals surface area contributed by atoms with E-state index in [2.05, 4.69) is 11.4 Å². The van der Waals surface area contributed by atoms with Crippen molar-refractivity contribution in [2.24, 2.45) is 0 Å². The van der Waals surface area contributed by atoms with Crippen LogP contribution in [0.25, 0.3) is 6.08 Å². The zero-order valence-corrected chi connectivity index (χ0v) is 13.9. The molecule has 1 aliphatic carbocycles. The summed E-state index contributed by atoms with van der Waals surface area (Å²) in [6.45, 7) is 0. The van der Waals surface area contributed by atoms with Crippen LogP contribution in [-0.4, -0.2) is 5.91 Å². The molecule has 0 unspecified atom stereocenters. The Labute approximate surface area is 142 Å². The summed E-state index contributed by atoms with van der Waals surface area (Å²) in [7, 11) is 0. The average Bonchev–Trinajstić information content (AvgIpc) is 3.19. The SMILES string of the molecule is N#CC(=Cc1ccsc1)C(=O)Nc1sc2c(c1C#N)CCCC2. The minimum absolute atomic E-state index is 0.0404. The number of fused-ring (bicyclic) bond motifs is 1. The summed E-state index contributed by atoms with van der Waals surface area (Å²) in [5, 5.41) is 25.7. The first-order chi connectivity index (χ1) is 11.2. The second kappa shape index (κ2) is 6.78. The van der Waals surface area contributed by atoms with Gasteiger partial charge in [0.2, 0.25) is 0 Å².